The quantitative estimate of drug-likeness (QED) is 0.161. The van der Waals surface area contributed by atoms with Crippen LogP contribution < -0.4 is 10.2 Å². The van der Waals surface area contributed by atoms with Gasteiger partial charge < -0.3 is 10.2 Å². The molecule has 8 aromatic carbocycles. The molecule has 264 valence electrons. The lowest BCUT2D eigenvalue weighted by molar-refractivity contribution is 0.637. The second-order valence-electron chi connectivity index (χ2n) is 14.4. The number of anilines is 5. The first-order valence-corrected chi connectivity index (χ1v) is 19.1. The summed E-state index contributed by atoms with van der Waals surface area (Å²) in [6.45, 7) is 2.30. The van der Waals surface area contributed by atoms with Gasteiger partial charge >= 0.3 is 0 Å². The lowest BCUT2D eigenvalue weighted by atomic mass is 9.82. The van der Waals surface area contributed by atoms with E-state index in [-0.39, 0.29) is 0 Å². The summed E-state index contributed by atoms with van der Waals surface area (Å²) in [5, 5.41) is 6.29. The highest BCUT2D eigenvalue weighted by molar-refractivity contribution is 5.89. The summed E-state index contributed by atoms with van der Waals surface area (Å²) in [6.07, 6.45) is 8.95. The fourth-order valence-electron chi connectivity index (χ4n) is 7.77. The number of hydrogen-bond acceptors (Lipinski definition) is 2. The average molecular weight is 707 g/mol. The first-order chi connectivity index (χ1) is 27.2. The molecule has 0 saturated carbocycles. The predicted molar refractivity (Wildman–Crippen MR) is 235 cm³/mol. The number of allylic oxidation sites excluding steroid dienone is 4. The van der Waals surface area contributed by atoms with Gasteiger partial charge in [-0.1, -0.05) is 165 Å². The molecule has 0 bridgehead atoms. The van der Waals surface area contributed by atoms with Crippen molar-refractivity contribution in [1.29, 1.82) is 0 Å². The summed E-state index contributed by atoms with van der Waals surface area (Å²) >= 11 is 0. The molecule has 0 aliphatic heterocycles. The summed E-state index contributed by atoms with van der Waals surface area (Å²) in [4.78, 5) is 2.33. The molecule has 8 aromatic rings. The first-order valence-electron chi connectivity index (χ1n) is 19.1. The topological polar surface area (TPSA) is 15.3 Å². The molecule has 9 rings (SSSR count). The van der Waals surface area contributed by atoms with Crippen LogP contribution in [0.15, 0.2) is 218 Å². The smallest absolute Gasteiger partial charge is 0.0462 e. The molecule has 2 nitrogen and oxygen atoms in total. The molecule has 2 heteroatoms. The van der Waals surface area contributed by atoms with E-state index in [1.54, 1.807) is 0 Å². The van der Waals surface area contributed by atoms with Gasteiger partial charge in [0.2, 0.25) is 0 Å². The maximum atomic E-state index is 3.79. The Morgan fingerprint density at radius 2 is 0.800 bits per heavy atom. The van der Waals surface area contributed by atoms with Crippen molar-refractivity contribution in [3.05, 3.63) is 224 Å². The van der Waals surface area contributed by atoms with Crippen molar-refractivity contribution in [1.82, 2.24) is 0 Å². The second-order valence-corrected chi connectivity index (χ2v) is 14.4. The highest BCUT2D eigenvalue weighted by Gasteiger charge is 2.21. The van der Waals surface area contributed by atoms with Crippen LogP contribution in [0.3, 0.4) is 0 Å². The third-order valence-electron chi connectivity index (χ3n) is 10.8. The van der Waals surface area contributed by atoms with Crippen LogP contribution in [0.25, 0.3) is 44.2 Å². The number of fused-ring (bicyclic) bond motifs is 1. The minimum absolute atomic E-state index is 0.318. The SMILES string of the molecule is CC1C=CC=CC1c1cc2ccccc2cc1Nc1ccc(-c2ccc(N(c3ccc(-c4ccccc4)cc3)c3ccc(-c4ccccc4)cc3)cc2)cc1. The second kappa shape index (κ2) is 15.2. The van der Waals surface area contributed by atoms with E-state index >= 15 is 0 Å². The van der Waals surface area contributed by atoms with Crippen LogP contribution in [0, 0.1) is 5.92 Å². The number of benzene rings is 8. The van der Waals surface area contributed by atoms with Crippen LogP contribution in [0.2, 0.25) is 0 Å². The van der Waals surface area contributed by atoms with Crippen molar-refractivity contribution in [2.24, 2.45) is 5.92 Å². The van der Waals surface area contributed by atoms with Gasteiger partial charge in [-0.15, -0.1) is 0 Å². The lowest BCUT2D eigenvalue weighted by Crippen LogP contribution is -2.10. The van der Waals surface area contributed by atoms with Crippen LogP contribution in [0.1, 0.15) is 18.4 Å². The molecule has 0 fully saturated rings. The number of nitrogens with zero attached hydrogens (tertiary/aromatic N) is 1. The Hall–Kier alpha value is -6.90. The zero-order valence-corrected chi connectivity index (χ0v) is 30.9. The molecule has 0 radical (unpaired) electrons. The van der Waals surface area contributed by atoms with E-state index in [4.69, 9.17) is 0 Å². The third kappa shape index (κ3) is 7.23. The summed E-state index contributed by atoms with van der Waals surface area (Å²) in [7, 11) is 0. The van der Waals surface area contributed by atoms with Crippen LogP contribution >= 0.6 is 0 Å². The van der Waals surface area contributed by atoms with Gasteiger partial charge in [0.25, 0.3) is 0 Å². The molecule has 2 atom stereocenters. The monoisotopic (exact) mass is 706 g/mol. The van der Waals surface area contributed by atoms with Crippen molar-refractivity contribution in [2.45, 2.75) is 12.8 Å². The number of rotatable bonds is 9. The summed E-state index contributed by atoms with van der Waals surface area (Å²) < 4.78 is 0. The van der Waals surface area contributed by atoms with Crippen LogP contribution in [0.5, 0.6) is 0 Å². The Morgan fingerprint density at radius 3 is 1.27 bits per heavy atom. The summed E-state index contributed by atoms with van der Waals surface area (Å²) in [5.41, 5.74) is 14.0. The van der Waals surface area contributed by atoms with Gasteiger partial charge in [-0.3, -0.25) is 0 Å². The zero-order valence-electron chi connectivity index (χ0n) is 30.9. The molecule has 1 aliphatic carbocycles. The Bertz CT molecular complexity index is 2500. The molecular formula is C53H42N2. The predicted octanol–water partition coefficient (Wildman–Crippen LogP) is 14.9. The Balaban J connectivity index is 0.998. The largest absolute Gasteiger partial charge is 0.355 e. The number of hydrogen-bond donors (Lipinski definition) is 1. The molecule has 0 spiro atoms. The zero-order chi connectivity index (χ0) is 37.0. The highest BCUT2D eigenvalue weighted by atomic mass is 15.1. The van der Waals surface area contributed by atoms with Crippen molar-refractivity contribution in [2.75, 3.05) is 10.2 Å². The van der Waals surface area contributed by atoms with Gasteiger partial charge in [-0.25, -0.2) is 0 Å². The molecule has 0 saturated heterocycles. The van der Waals surface area contributed by atoms with Crippen molar-refractivity contribution >= 4 is 39.2 Å². The first kappa shape index (κ1) is 33.9. The van der Waals surface area contributed by atoms with E-state index in [2.05, 4.69) is 236 Å². The van der Waals surface area contributed by atoms with Gasteiger partial charge in [-0.2, -0.15) is 0 Å². The van der Waals surface area contributed by atoms with E-state index < -0.39 is 0 Å². The molecule has 55 heavy (non-hydrogen) atoms. The molecule has 0 amide bonds. The molecule has 1 N–H and O–H groups in total. The molecule has 1 aliphatic rings. The highest BCUT2D eigenvalue weighted by Crippen LogP contribution is 2.40. The average Bonchev–Trinajstić information content (AvgIpc) is 3.25. The van der Waals surface area contributed by atoms with E-state index in [1.165, 1.54) is 49.7 Å². The minimum Gasteiger partial charge on any atom is -0.355 e. The Kier molecular flexibility index (Phi) is 9.38. The molecule has 2 unspecified atom stereocenters. The molecule has 0 aromatic heterocycles. The molecular weight excluding hydrogens is 665 g/mol. The van der Waals surface area contributed by atoms with E-state index in [9.17, 15) is 0 Å². The van der Waals surface area contributed by atoms with Crippen molar-refractivity contribution in [3.8, 4) is 33.4 Å². The Labute approximate surface area is 324 Å². The summed E-state index contributed by atoms with van der Waals surface area (Å²) in [5.74, 6) is 0.744. The maximum Gasteiger partial charge on any atom is 0.0462 e. The van der Waals surface area contributed by atoms with Gasteiger partial charge in [0.05, 0.1) is 0 Å². The van der Waals surface area contributed by atoms with E-state index in [0.717, 1.165) is 28.4 Å². The molecule has 0 heterocycles. The fourth-order valence-corrected chi connectivity index (χ4v) is 7.77. The van der Waals surface area contributed by atoms with Crippen LogP contribution in [-0.4, -0.2) is 0 Å². The number of nitrogens with one attached hydrogen (secondary N) is 1. The standard InChI is InChI=1S/C53H42N2/c1-38-12-8-11-19-51(38)52-36-45-17-9-10-18-46(45)37-53(52)54-47-28-20-41(21-29-47)44-26-34-50(35-27-44)55(48-30-22-42(23-31-48)39-13-4-2-5-14-39)49-32-24-43(25-33-49)40-15-6-3-7-16-40/h2-38,51,54H,1H3. The van der Waals surface area contributed by atoms with Gasteiger partial charge in [0, 0.05) is 34.4 Å². The lowest BCUT2D eigenvalue weighted by Gasteiger charge is -2.26. The Morgan fingerprint density at radius 1 is 0.400 bits per heavy atom. The van der Waals surface area contributed by atoms with Crippen LogP contribution in [-0.2, 0) is 0 Å². The van der Waals surface area contributed by atoms with Gasteiger partial charge in [-0.05, 0) is 116 Å². The van der Waals surface area contributed by atoms with E-state index in [0.29, 0.717) is 11.8 Å². The van der Waals surface area contributed by atoms with Gasteiger partial charge in [0.15, 0.2) is 0 Å². The maximum absolute atomic E-state index is 3.79. The normalized spacial score (nSPS) is 14.9. The van der Waals surface area contributed by atoms with E-state index in [1.807, 2.05) is 0 Å². The third-order valence-corrected chi connectivity index (χ3v) is 10.8. The van der Waals surface area contributed by atoms with Crippen LogP contribution in [0.4, 0.5) is 28.4 Å². The minimum atomic E-state index is 0.318. The van der Waals surface area contributed by atoms with Crippen molar-refractivity contribution in [3.63, 3.8) is 0 Å². The van der Waals surface area contributed by atoms with Gasteiger partial charge in [0.1, 0.15) is 0 Å². The summed E-state index contributed by atoms with van der Waals surface area (Å²) in [6, 6.07) is 69.8. The fraction of sp³-hybridized carbons (Fsp3) is 0.0566. The van der Waals surface area contributed by atoms with Crippen molar-refractivity contribution < 1.29 is 0 Å².